The highest BCUT2D eigenvalue weighted by Crippen LogP contribution is 2.42. The molecule has 1 amide bonds. The Labute approximate surface area is 230 Å². The molecule has 0 radical (unpaired) electrons. The zero-order valence-electron chi connectivity index (χ0n) is 22.8. The molecular formula is C30H40N4O3S. The SMILES string of the molecule is CCCC(=N)OCN1C(=O)CC(C)(C)c2ccc(OCCCCNCCNc3cccc4sccc34)cc21. The molecule has 2 aromatic carbocycles. The number of anilines is 2. The third kappa shape index (κ3) is 7.05. The van der Waals surface area contributed by atoms with Gasteiger partial charge >= 0.3 is 0 Å². The van der Waals surface area contributed by atoms with Gasteiger partial charge in [-0.3, -0.25) is 15.1 Å². The number of hydrogen-bond acceptors (Lipinski definition) is 7. The highest BCUT2D eigenvalue weighted by atomic mass is 32.1. The van der Waals surface area contributed by atoms with Gasteiger partial charge in [0.15, 0.2) is 12.6 Å². The maximum absolute atomic E-state index is 12.9. The Bertz CT molecular complexity index is 1240. The monoisotopic (exact) mass is 536 g/mol. The Morgan fingerprint density at radius 3 is 2.84 bits per heavy atom. The molecule has 0 saturated carbocycles. The number of amides is 1. The van der Waals surface area contributed by atoms with Crippen molar-refractivity contribution < 1.29 is 14.3 Å². The Hall–Kier alpha value is -3.10. The van der Waals surface area contributed by atoms with E-state index in [0.717, 1.165) is 55.9 Å². The van der Waals surface area contributed by atoms with Crippen LogP contribution in [0.15, 0.2) is 47.8 Å². The molecule has 0 saturated heterocycles. The smallest absolute Gasteiger partial charge is 0.230 e. The molecule has 0 fully saturated rings. The van der Waals surface area contributed by atoms with E-state index in [1.807, 2.05) is 19.1 Å². The lowest BCUT2D eigenvalue weighted by atomic mass is 9.77. The Morgan fingerprint density at radius 2 is 2.00 bits per heavy atom. The summed E-state index contributed by atoms with van der Waals surface area (Å²) in [4.78, 5) is 14.6. The van der Waals surface area contributed by atoms with E-state index < -0.39 is 0 Å². The number of fused-ring (bicyclic) bond motifs is 2. The number of unbranched alkanes of at least 4 members (excludes halogenated alkanes) is 1. The van der Waals surface area contributed by atoms with E-state index in [1.54, 1.807) is 16.2 Å². The summed E-state index contributed by atoms with van der Waals surface area (Å²) in [5.74, 6) is 0.975. The summed E-state index contributed by atoms with van der Waals surface area (Å²) in [5, 5.41) is 18.4. The molecule has 204 valence electrons. The molecule has 1 aromatic heterocycles. The molecule has 2 heterocycles. The van der Waals surface area contributed by atoms with Gasteiger partial charge in [-0.1, -0.05) is 32.9 Å². The maximum Gasteiger partial charge on any atom is 0.230 e. The number of benzene rings is 2. The zero-order chi connectivity index (χ0) is 27.0. The molecule has 0 bridgehead atoms. The van der Waals surface area contributed by atoms with Crippen LogP contribution in [-0.2, 0) is 14.9 Å². The first-order valence-corrected chi connectivity index (χ1v) is 14.5. The van der Waals surface area contributed by atoms with Crippen molar-refractivity contribution in [3.05, 3.63) is 53.4 Å². The van der Waals surface area contributed by atoms with Gasteiger partial charge in [0.2, 0.25) is 5.91 Å². The standard InChI is InChI=1S/C30H40N4O3S/c1-4-8-28(31)37-21-34-26-19-22(11-12-24(26)30(2,3)20-29(34)35)36-17-6-5-14-32-15-16-33-25-9-7-10-27-23(25)13-18-38-27/h7,9-13,18-19,31-33H,4-6,8,14-17,20-21H2,1-3H3. The van der Waals surface area contributed by atoms with Crippen LogP contribution in [0.2, 0.25) is 0 Å². The highest BCUT2D eigenvalue weighted by molar-refractivity contribution is 7.17. The molecule has 4 rings (SSSR count). The van der Waals surface area contributed by atoms with Gasteiger partial charge in [0.25, 0.3) is 0 Å². The second kappa shape index (κ2) is 13.1. The van der Waals surface area contributed by atoms with E-state index in [0.29, 0.717) is 19.4 Å². The minimum Gasteiger partial charge on any atom is -0.494 e. The summed E-state index contributed by atoms with van der Waals surface area (Å²) in [6.07, 6.45) is 3.79. The molecule has 1 aliphatic rings. The third-order valence-electron chi connectivity index (χ3n) is 6.86. The summed E-state index contributed by atoms with van der Waals surface area (Å²) >= 11 is 1.77. The van der Waals surface area contributed by atoms with Gasteiger partial charge in [-0.05, 0) is 61.0 Å². The number of nitrogens with one attached hydrogen (secondary N) is 3. The topological polar surface area (TPSA) is 86.7 Å². The first-order valence-electron chi connectivity index (χ1n) is 13.6. The van der Waals surface area contributed by atoms with E-state index in [2.05, 4.69) is 60.2 Å². The number of carbonyl (C=O) groups is 1. The van der Waals surface area contributed by atoms with Crippen molar-refractivity contribution in [3.63, 3.8) is 0 Å². The first kappa shape index (κ1) is 27.9. The molecule has 7 nitrogen and oxygen atoms in total. The fourth-order valence-electron chi connectivity index (χ4n) is 4.78. The van der Waals surface area contributed by atoms with Crippen LogP contribution < -0.4 is 20.3 Å². The number of rotatable bonds is 14. The zero-order valence-corrected chi connectivity index (χ0v) is 23.6. The van der Waals surface area contributed by atoms with Crippen LogP contribution in [0.5, 0.6) is 5.75 Å². The largest absolute Gasteiger partial charge is 0.494 e. The predicted octanol–water partition coefficient (Wildman–Crippen LogP) is 6.53. The van der Waals surface area contributed by atoms with Crippen molar-refractivity contribution in [1.82, 2.24) is 5.32 Å². The molecule has 8 heteroatoms. The lowest BCUT2D eigenvalue weighted by Gasteiger charge is -2.38. The van der Waals surface area contributed by atoms with Gasteiger partial charge in [-0.2, -0.15) is 0 Å². The fraction of sp³-hybridized carbons (Fsp3) is 0.467. The molecule has 0 atom stereocenters. The van der Waals surface area contributed by atoms with Crippen molar-refractivity contribution >= 4 is 44.6 Å². The van der Waals surface area contributed by atoms with Crippen molar-refractivity contribution in [2.24, 2.45) is 0 Å². The van der Waals surface area contributed by atoms with E-state index >= 15 is 0 Å². The third-order valence-corrected chi connectivity index (χ3v) is 7.74. The molecule has 3 aromatic rings. The summed E-state index contributed by atoms with van der Waals surface area (Å²) in [6, 6.07) is 14.6. The second-order valence-corrected chi connectivity index (χ2v) is 11.3. The number of ether oxygens (including phenoxy) is 2. The molecular weight excluding hydrogens is 496 g/mol. The van der Waals surface area contributed by atoms with Crippen LogP contribution in [-0.4, -0.2) is 44.8 Å². The fourth-order valence-corrected chi connectivity index (χ4v) is 5.60. The lowest BCUT2D eigenvalue weighted by molar-refractivity contribution is -0.120. The highest BCUT2D eigenvalue weighted by Gasteiger charge is 2.37. The van der Waals surface area contributed by atoms with Gasteiger partial charge in [0.1, 0.15) is 5.75 Å². The second-order valence-electron chi connectivity index (χ2n) is 10.4. The summed E-state index contributed by atoms with van der Waals surface area (Å²) < 4.78 is 12.9. The molecule has 0 unspecified atom stereocenters. The number of thiophene rings is 1. The Morgan fingerprint density at radius 1 is 1.13 bits per heavy atom. The van der Waals surface area contributed by atoms with Gasteiger partial charge in [0.05, 0.1) is 12.3 Å². The quantitative estimate of drug-likeness (QED) is 0.124. The van der Waals surface area contributed by atoms with Crippen LogP contribution in [0.4, 0.5) is 11.4 Å². The normalized spacial score (nSPS) is 14.4. The minimum absolute atomic E-state index is 0.0107. The Kier molecular flexibility index (Phi) is 9.63. The van der Waals surface area contributed by atoms with E-state index in [1.165, 1.54) is 15.8 Å². The molecule has 0 spiro atoms. The van der Waals surface area contributed by atoms with Crippen LogP contribution in [0.1, 0.15) is 58.4 Å². The van der Waals surface area contributed by atoms with Crippen molar-refractivity contribution in [2.45, 2.75) is 58.3 Å². The maximum atomic E-state index is 12.9. The average Bonchev–Trinajstić information content (AvgIpc) is 3.37. The van der Waals surface area contributed by atoms with Crippen LogP contribution in [0, 0.1) is 5.41 Å². The molecule has 3 N–H and O–H groups in total. The first-order chi connectivity index (χ1) is 18.4. The number of hydrogen-bond donors (Lipinski definition) is 3. The van der Waals surface area contributed by atoms with E-state index in [9.17, 15) is 4.79 Å². The minimum atomic E-state index is -0.255. The summed E-state index contributed by atoms with van der Waals surface area (Å²) in [7, 11) is 0. The van der Waals surface area contributed by atoms with Gasteiger partial charge < -0.3 is 20.1 Å². The van der Waals surface area contributed by atoms with E-state index in [4.69, 9.17) is 14.9 Å². The Balaban J connectivity index is 1.20. The van der Waals surface area contributed by atoms with Gasteiger partial charge in [0, 0.05) is 53.2 Å². The average molecular weight is 537 g/mol. The molecule has 1 aliphatic heterocycles. The summed E-state index contributed by atoms with van der Waals surface area (Å²) in [5.41, 5.74) is 2.86. The van der Waals surface area contributed by atoms with Crippen LogP contribution in [0.25, 0.3) is 10.1 Å². The predicted molar refractivity (Wildman–Crippen MR) is 158 cm³/mol. The van der Waals surface area contributed by atoms with E-state index in [-0.39, 0.29) is 24.0 Å². The van der Waals surface area contributed by atoms with Gasteiger partial charge in [-0.15, -0.1) is 11.3 Å². The van der Waals surface area contributed by atoms with Crippen molar-refractivity contribution in [1.29, 1.82) is 5.41 Å². The van der Waals surface area contributed by atoms with Crippen LogP contribution >= 0.6 is 11.3 Å². The number of carbonyl (C=O) groups excluding carboxylic acids is 1. The lowest BCUT2D eigenvalue weighted by Crippen LogP contribution is -2.43. The van der Waals surface area contributed by atoms with Crippen molar-refractivity contribution in [2.75, 3.05) is 43.2 Å². The van der Waals surface area contributed by atoms with Crippen molar-refractivity contribution in [3.8, 4) is 5.75 Å². The number of nitrogens with zero attached hydrogens (tertiary/aromatic N) is 1. The summed E-state index contributed by atoms with van der Waals surface area (Å²) in [6.45, 7) is 9.60. The van der Waals surface area contributed by atoms with Crippen LogP contribution in [0.3, 0.4) is 0 Å². The van der Waals surface area contributed by atoms with Gasteiger partial charge in [-0.25, -0.2) is 0 Å². The molecule has 0 aliphatic carbocycles. The molecule has 38 heavy (non-hydrogen) atoms.